The average molecular weight is 387 g/mol. The van der Waals surface area contributed by atoms with Crippen molar-refractivity contribution in [1.82, 2.24) is 0 Å². The van der Waals surface area contributed by atoms with E-state index in [1.807, 2.05) is 42.5 Å². The number of carbonyl (C=O) groups excluding carboxylic acids is 1. The van der Waals surface area contributed by atoms with Gasteiger partial charge in [0.15, 0.2) is 0 Å². The van der Waals surface area contributed by atoms with E-state index in [4.69, 9.17) is 9.84 Å². The number of rotatable bonds is 6. The maximum atomic E-state index is 10.5. The summed E-state index contributed by atoms with van der Waals surface area (Å²) in [6.45, 7) is 11.1. The van der Waals surface area contributed by atoms with Gasteiger partial charge < -0.3 is 9.84 Å². The van der Waals surface area contributed by atoms with E-state index in [1.165, 1.54) is 26.2 Å². The van der Waals surface area contributed by atoms with Crippen molar-refractivity contribution in [3.05, 3.63) is 66.7 Å². The number of phenols is 1. The molecule has 0 spiro atoms. The molecule has 0 amide bonds. The minimum absolute atomic E-state index is 0.170. The monoisotopic (exact) mass is 386 g/mol. The molecule has 2 aromatic rings. The normalized spacial score (nSPS) is 11.2. The molecule has 0 aliphatic carbocycles. The van der Waals surface area contributed by atoms with Crippen molar-refractivity contribution in [2.75, 3.05) is 6.61 Å². The summed E-state index contributed by atoms with van der Waals surface area (Å²) in [5.74, 6) is 0.811. The van der Waals surface area contributed by atoms with Gasteiger partial charge in [0.05, 0.1) is 6.61 Å². The van der Waals surface area contributed by atoms with E-state index in [2.05, 4.69) is 27.7 Å². The number of aromatic hydroxyl groups is 1. The molecule has 1 unspecified atom stereocenters. The van der Waals surface area contributed by atoms with Crippen LogP contribution in [0.25, 0.3) is 0 Å². The second kappa shape index (κ2) is 15.7. The van der Waals surface area contributed by atoms with Gasteiger partial charge in [-0.2, -0.15) is 0 Å². The number of hydrogen-bond donors (Lipinski definition) is 1. The van der Waals surface area contributed by atoms with E-state index in [9.17, 15) is 4.79 Å². The Morgan fingerprint density at radius 1 is 0.929 bits per heavy atom. The van der Waals surface area contributed by atoms with Crippen molar-refractivity contribution in [2.45, 2.75) is 60.3 Å². The Morgan fingerprint density at radius 2 is 1.39 bits per heavy atom. The van der Waals surface area contributed by atoms with Crippen LogP contribution in [0.15, 0.2) is 66.7 Å². The molecule has 0 saturated carbocycles. The van der Waals surface area contributed by atoms with Crippen molar-refractivity contribution in [1.29, 1.82) is 0 Å². The molecule has 0 aromatic heterocycles. The molecule has 0 aliphatic rings. The Balaban J connectivity index is 0.000000454. The molecule has 156 valence electrons. The summed E-state index contributed by atoms with van der Waals surface area (Å²) >= 11 is 0. The minimum Gasteiger partial charge on any atom is -0.508 e. The molecule has 2 rings (SSSR count). The smallest absolute Gasteiger partial charge is 0.302 e. The third-order valence-electron chi connectivity index (χ3n) is 3.96. The zero-order chi connectivity index (χ0) is 21.3. The van der Waals surface area contributed by atoms with Crippen LogP contribution in [-0.2, 0) is 9.53 Å². The number of hydrogen-bond acceptors (Lipinski definition) is 3. The van der Waals surface area contributed by atoms with E-state index >= 15 is 0 Å². The van der Waals surface area contributed by atoms with Crippen LogP contribution in [0.1, 0.15) is 60.3 Å². The van der Waals surface area contributed by atoms with Crippen LogP contribution in [-0.4, -0.2) is 17.7 Å². The first-order valence-electron chi connectivity index (χ1n) is 10.1. The van der Waals surface area contributed by atoms with Crippen molar-refractivity contribution in [3.8, 4) is 5.75 Å². The van der Waals surface area contributed by atoms with Crippen LogP contribution in [0.4, 0.5) is 0 Å². The Kier molecular flexibility index (Phi) is 14.5. The quantitative estimate of drug-likeness (QED) is 0.551. The molecule has 3 nitrogen and oxygen atoms in total. The van der Waals surface area contributed by atoms with Gasteiger partial charge in [0, 0.05) is 6.92 Å². The van der Waals surface area contributed by atoms with Gasteiger partial charge in [-0.3, -0.25) is 4.79 Å². The lowest BCUT2D eigenvalue weighted by Crippen LogP contribution is -2.08. The van der Waals surface area contributed by atoms with Gasteiger partial charge in [-0.05, 0) is 36.3 Å². The Hall–Kier alpha value is -2.29. The fraction of sp³-hybridized carbons (Fsp3) is 0.480. The highest BCUT2D eigenvalue weighted by Crippen LogP contribution is 2.23. The van der Waals surface area contributed by atoms with Gasteiger partial charge in [-0.1, -0.05) is 95.1 Å². The summed E-state index contributed by atoms with van der Waals surface area (Å²) in [7, 11) is 0. The fourth-order valence-electron chi connectivity index (χ4n) is 2.34. The largest absolute Gasteiger partial charge is 0.508 e. The maximum absolute atomic E-state index is 10.5. The third-order valence-corrected chi connectivity index (χ3v) is 3.96. The SMILES string of the molecule is CC(=O)OCCC(C)CCCC(C)(C)C.Oc1ccccc1.c1ccccc1. The Morgan fingerprint density at radius 3 is 1.75 bits per heavy atom. The Bertz CT molecular complexity index is 561. The zero-order valence-corrected chi connectivity index (χ0v) is 18.2. The first-order valence-corrected chi connectivity index (χ1v) is 10.1. The van der Waals surface area contributed by atoms with E-state index in [1.54, 1.807) is 24.3 Å². The molecule has 0 fully saturated rings. The predicted octanol–water partition coefficient (Wildman–Crippen LogP) is 6.87. The van der Waals surface area contributed by atoms with Gasteiger partial charge >= 0.3 is 5.97 Å². The third kappa shape index (κ3) is 20.0. The Labute approximate surface area is 171 Å². The molecular formula is C25H38O3. The molecule has 2 aromatic carbocycles. The van der Waals surface area contributed by atoms with E-state index < -0.39 is 0 Å². The first-order chi connectivity index (χ1) is 13.2. The standard InChI is InChI=1S/C13H26O2.C6H6O.C6H6/c1-11(8-10-15-12(2)14)7-6-9-13(3,4)5;7-6-4-2-1-3-5-6;1-2-4-6-5-3-1/h11H,6-10H2,1-5H3;1-5,7H;1-6H. The van der Waals surface area contributed by atoms with Crippen molar-refractivity contribution in [3.63, 3.8) is 0 Å². The summed E-state index contributed by atoms with van der Waals surface area (Å²) in [5.41, 5.74) is 0.440. The number of esters is 1. The van der Waals surface area contributed by atoms with Gasteiger partial charge in [0.1, 0.15) is 5.75 Å². The van der Waals surface area contributed by atoms with E-state index in [0.29, 0.717) is 23.7 Å². The predicted molar refractivity (Wildman–Crippen MR) is 118 cm³/mol. The number of ether oxygens (including phenoxy) is 1. The van der Waals surface area contributed by atoms with Crippen LogP contribution >= 0.6 is 0 Å². The highest BCUT2D eigenvalue weighted by atomic mass is 16.5. The molecule has 0 bridgehead atoms. The maximum Gasteiger partial charge on any atom is 0.302 e. The van der Waals surface area contributed by atoms with Gasteiger partial charge in [0.2, 0.25) is 0 Å². The van der Waals surface area contributed by atoms with Gasteiger partial charge in [0.25, 0.3) is 0 Å². The number of carbonyl (C=O) groups is 1. The molecule has 0 radical (unpaired) electrons. The van der Waals surface area contributed by atoms with Crippen LogP contribution in [0, 0.1) is 11.3 Å². The van der Waals surface area contributed by atoms with E-state index in [0.717, 1.165) is 6.42 Å². The second-order valence-electron chi connectivity index (χ2n) is 8.18. The molecule has 28 heavy (non-hydrogen) atoms. The van der Waals surface area contributed by atoms with Crippen molar-refractivity contribution in [2.24, 2.45) is 11.3 Å². The van der Waals surface area contributed by atoms with Crippen LogP contribution in [0.2, 0.25) is 0 Å². The summed E-state index contributed by atoms with van der Waals surface area (Å²) in [6, 6.07) is 20.7. The molecule has 3 heteroatoms. The summed E-state index contributed by atoms with van der Waals surface area (Å²) in [4.78, 5) is 10.5. The van der Waals surface area contributed by atoms with Gasteiger partial charge in [-0.15, -0.1) is 0 Å². The average Bonchev–Trinajstić information content (AvgIpc) is 2.63. The number of phenolic OH excluding ortho intramolecular Hbond substituents is 1. The zero-order valence-electron chi connectivity index (χ0n) is 18.2. The summed E-state index contributed by atoms with van der Waals surface area (Å²) in [5, 5.41) is 8.63. The fourth-order valence-corrected chi connectivity index (χ4v) is 2.34. The topological polar surface area (TPSA) is 46.5 Å². The van der Waals surface area contributed by atoms with Crippen LogP contribution in [0.3, 0.4) is 0 Å². The summed E-state index contributed by atoms with van der Waals surface area (Å²) < 4.78 is 4.92. The second-order valence-corrected chi connectivity index (χ2v) is 8.18. The molecule has 1 atom stereocenters. The summed E-state index contributed by atoms with van der Waals surface area (Å²) in [6.07, 6.45) is 4.76. The minimum atomic E-state index is -0.170. The molecule has 0 saturated heterocycles. The van der Waals surface area contributed by atoms with Gasteiger partial charge in [-0.25, -0.2) is 0 Å². The first kappa shape index (κ1) is 25.7. The number of benzene rings is 2. The van der Waals surface area contributed by atoms with E-state index in [-0.39, 0.29) is 5.97 Å². The van der Waals surface area contributed by atoms with Crippen LogP contribution < -0.4 is 0 Å². The molecule has 0 aliphatic heterocycles. The molecular weight excluding hydrogens is 348 g/mol. The lowest BCUT2D eigenvalue weighted by Gasteiger charge is -2.19. The highest BCUT2D eigenvalue weighted by molar-refractivity contribution is 5.65. The van der Waals surface area contributed by atoms with Crippen molar-refractivity contribution >= 4 is 5.97 Å². The number of para-hydroxylation sites is 1. The highest BCUT2D eigenvalue weighted by Gasteiger charge is 2.11. The molecule has 0 heterocycles. The lowest BCUT2D eigenvalue weighted by atomic mass is 9.88. The van der Waals surface area contributed by atoms with Crippen LogP contribution in [0.5, 0.6) is 5.75 Å². The van der Waals surface area contributed by atoms with Crippen molar-refractivity contribution < 1.29 is 14.6 Å². The lowest BCUT2D eigenvalue weighted by molar-refractivity contribution is -0.141. The molecule has 1 N–H and O–H groups in total.